The van der Waals surface area contributed by atoms with Crippen LogP contribution in [0.5, 0.6) is 0 Å². The van der Waals surface area contributed by atoms with E-state index in [1.807, 2.05) is 0 Å². The SMILES string of the molecule is CC(O)C(C)NC(=O)c1cc(-c2ccc(Cl)cc2)nn(-c2cccc(F)c2)c1=O. The van der Waals surface area contributed by atoms with Crippen molar-refractivity contribution in [3.05, 3.63) is 81.4 Å². The summed E-state index contributed by atoms with van der Waals surface area (Å²) in [7, 11) is 0. The van der Waals surface area contributed by atoms with Gasteiger partial charge in [0.15, 0.2) is 0 Å². The Kier molecular flexibility index (Phi) is 6.10. The molecule has 0 saturated heterocycles. The Balaban J connectivity index is 2.17. The van der Waals surface area contributed by atoms with Crippen molar-refractivity contribution in [2.24, 2.45) is 0 Å². The van der Waals surface area contributed by atoms with Gasteiger partial charge in [-0.1, -0.05) is 29.8 Å². The predicted molar refractivity (Wildman–Crippen MR) is 109 cm³/mol. The molecule has 2 aromatic carbocycles. The fraction of sp³-hybridized carbons (Fsp3) is 0.190. The van der Waals surface area contributed by atoms with Gasteiger partial charge in [-0.2, -0.15) is 9.78 Å². The second-order valence-corrected chi connectivity index (χ2v) is 7.09. The molecule has 0 aliphatic heterocycles. The predicted octanol–water partition coefficient (Wildman–Crippen LogP) is 3.19. The number of halogens is 2. The lowest BCUT2D eigenvalue weighted by Crippen LogP contribution is -2.42. The highest BCUT2D eigenvalue weighted by atomic mass is 35.5. The van der Waals surface area contributed by atoms with Gasteiger partial charge in [0.05, 0.1) is 23.5 Å². The van der Waals surface area contributed by atoms with Gasteiger partial charge in [-0.3, -0.25) is 9.59 Å². The molecule has 0 radical (unpaired) electrons. The van der Waals surface area contributed by atoms with E-state index in [1.165, 1.54) is 31.2 Å². The van der Waals surface area contributed by atoms with Crippen LogP contribution in [0.2, 0.25) is 5.02 Å². The molecule has 1 amide bonds. The molecule has 2 atom stereocenters. The van der Waals surface area contributed by atoms with Crippen LogP contribution in [0, 0.1) is 5.82 Å². The van der Waals surface area contributed by atoms with Crippen LogP contribution in [0.3, 0.4) is 0 Å². The third-order valence-corrected chi connectivity index (χ3v) is 4.68. The van der Waals surface area contributed by atoms with Gasteiger partial charge in [-0.05, 0) is 50.2 Å². The lowest BCUT2D eigenvalue weighted by atomic mass is 10.1. The van der Waals surface area contributed by atoms with Crippen LogP contribution < -0.4 is 10.9 Å². The van der Waals surface area contributed by atoms with E-state index in [9.17, 15) is 19.1 Å². The van der Waals surface area contributed by atoms with E-state index in [0.29, 0.717) is 16.3 Å². The molecular weight excluding hydrogens is 397 g/mol. The largest absolute Gasteiger partial charge is 0.391 e. The molecule has 0 fully saturated rings. The molecular formula is C21H19ClFN3O3. The van der Waals surface area contributed by atoms with Gasteiger partial charge in [-0.15, -0.1) is 0 Å². The molecule has 8 heteroatoms. The maximum Gasteiger partial charge on any atom is 0.284 e. The standard InChI is InChI=1S/C21H19ClFN3O3/c1-12(13(2)27)24-20(28)18-11-19(14-6-8-15(22)9-7-14)25-26(21(18)29)17-5-3-4-16(23)10-17/h3-13,27H,1-2H3,(H,24,28). The monoisotopic (exact) mass is 415 g/mol. The normalized spacial score (nSPS) is 13.0. The van der Waals surface area contributed by atoms with Crippen LogP contribution in [0.4, 0.5) is 4.39 Å². The van der Waals surface area contributed by atoms with Gasteiger partial charge in [0.1, 0.15) is 11.4 Å². The van der Waals surface area contributed by atoms with E-state index in [1.54, 1.807) is 31.2 Å². The Hall–Kier alpha value is -3.03. The van der Waals surface area contributed by atoms with Gasteiger partial charge >= 0.3 is 0 Å². The molecule has 0 saturated carbocycles. The molecule has 6 nitrogen and oxygen atoms in total. The number of aromatic nitrogens is 2. The molecule has 0 aliphatic rings. The number of amides is 1. The number of carbonyl (C=O) groups excluding carboxylic acids is 1. The first kappa shape index (κ1) is 20.7. The van der Waals surface area contributed by atoms with E-state index in [2.05, 4.69) is 10.4 Å². The Bertz CT molecular complexity index is 1100. The van der Waals surface area contributed by atoms with E-state index in [4.69, 9.17) is 11.6 Å². The molecule has 1 aromatic heterocycles. The topological polar surface area (TPSA) is 84.2 Å². The first-order valence-corrected chi connectivity index (χ1v) is 9.29. The molecule has 29 heavy (non-hydrogen) atoms. The minimum absolute atomic E-state index is 0.179. The number of aliphatic hydroxyl groups is 1. The van der Waals surface area contributed by atoms with Gasteiger partial charge in [0.2, 0.25) is 0 Å². The first-order valence-electron chi connectivity index (χ1n) is 8.91. The molecule has 0 spiro atoms. The fourth-order valence-electron chi connectivity index (χ4n) is 2.61. The van der Waals surface area contributed by atoms with Gasteiger partial charge in [0, 0.05) is 10.6 Å². The lowest BCUT2D eigenvalue weighted by Gasteiger charge is -2.17. The maximum atomic E-state index is 13.7. The van der Waals surface area contributed by atoms with Crippen LogP contribution in [-0.2, 0) is 0 Å². The minimum Gasteiger partial charge on any atom is -0.391 e. The second kappa shape index (κ2) is 8.55. The second-order valence-electron chi connectivity index (χ2n) is 6.65. The summed E-state index contributed by atoms with van der Waals surface area (Å²) in [5, 5.41) is 17.1. The Morgan fingerprint density at radius 3 is 2.48 bits per heavy atom. The molecule has 1 heterocycles. The summed E-state index contributed by atoms with van der Waals surface area (Å²) in [5.74, 6) is -1.20. The van der Waals surface area contributed by atoms with Crippen LogP contribution in [-0.4, -0.2) is 32.9 Å². The third-order valence-electron chi connectivity index (χ3n) is 4.43. The summed E-state index contributed by atoms with van der Waals surface area (Å²) in [6.45, 7) is 3.15. The number of rotatable bonds is 5. The number of nitrogens with one attached hydrogen (secondary N) is 1. The van der Waals surface area contributed by atoms with Crippen molar-refractivity contribution in [2.45, 2.75) is 26.0 Å². The smallest absolute Gasteiger partial charge is 0.284 e. The molecule has 2 N–H and O–H groups in total. The highest BCUT2D eigenvalue weighted by molar-refractivity contribution is 6.30. The molecule has 3 aromatic rings. The van der Waals surface area contributed by atoms with Crippen LogP contribution >= 0.6 is 11.6 Å². The van der Waals surface area contributed by atoms with Gasteiger partial charge < -0.3 is 10.4 Å². The van der Waals surface area contributed by atoms with Crippen molar-refractivity contribution >= 4 is 17.5 Å². The van der Waals surface area contributed by atoms with Crippen molar-refractivity contribution in [3.8, 4) is 16.9 Å². The average molecular weight is 416 g/mol. The van der Waals surface area contributed by atoms with Crippen molar-refractivity contribution in [2.75, 3.05) is 0 Å². The maximum absolute atomic E-state index is 13.7. The molecule has 0 aliphatic carbocycles. The quantitative estimate of drug-likeness (QED) is 0.670. The first-order chi connectivity index (χ1) is 13.8. The zero-order valence-electron chi connectivity index (χ0n) is 15.8. The van der Waals surface area contributed by atoms with E-state index >= 15 is 0 Å². The van der Waals surface area contributed by atoms with E-state index in [-0.39, 0.29) is 11.3 Å². The van der Waals surface area contributed by atoms with Crippen LogP contribution in [0.1, 0.15) is 24.2 Å². The minimum atomic E-state index is -0.804. The number of benzene rings is 2. The van der Waals surface area contributed by atoms with Gasteiger partial charge in [-0.25, -0.2) is 4.39 Å². The summed E-state index contributed by atoms with van der Waals surface area (Å²) in [5.41, 5.74) is 0.256. The summed E-state index contributed by atoms with van der Waals surface area (Å²) < 4.78 is 14.7. The summed E-state index contributed by atoms with van der Waals surface area (Å²) in [6.07, 6.45) is -0.804. The van der Waals surface area contributed by atoms with E-state index in [0.717, 1.165) is 10.7 Å². The van der Waals surface area contributed by atoms with Crippen molar-refractivity contribution < 1.29 is 14.3 Å². The molecule has 0 bridgehead atoms. The molecule has 3 rings (SSSR count). The Morgan fingerprint density at radius 1 is 1.17 bits per heavy atom. The molecule has 2 unspecified atom stereocenters. The summed E-state index contributed by atoms with van der Waals surface area (Å²) in [6, 6.07) is 12.9. The highest BCUT2D eigenvalue weighted by Gasteiger charge is 2.20. The Labute approximate surface area is 171 Å². The third kappa shape index (κ3) is 4.70. The summed E-state index contributed by atoms with van der Waals surface area (Å²) >= 11 is 5.93. The number of hydrogen-bond acceptors (Lipinski definition) is 4. The molecule has 150 valence electrons. The average Bonchev–Trinajstić information content (AvgIpc) is 2.68. The van der Waals surface area contributed by atoms with Crippen LogP contribution in [0.25, 0.3) is 16.9 Å². The fourth-order valence-corrected chi connectivity index (χ4v) is 2.73. The van der Waals surface area contributed by atoms with E-state index < -0.39 is 29.4 Å². The number of aliphatic hydroxyl groups excluding tert-OH is 1. The zero-order chi connectivity index (χ0) is 21.1. The number of nitrogens with zero attached hydrogens (tertiary/aromatic N) is 2. The summed E-state index contributed by atoms with van der Waals surface area (Å²) in [4.78, 5) is 25.7. The van der Waals surface area contributed by atoms with Crippen LogP contribution in [0.15, 0.2) is 59.4 Å². The van der Waals surface area contributed by atoms with Crippen molar-refractivity contribution in [1.29, 1.82) is 0 Å². The lowest BCUT2D eigenvalue weighted by molar-refractivity contribution is 0.0871. The number of carbonyl (C=O) groups is 1. The highest BCUT2D eigenvalue weighted by Crippen LogP contribution is 2.20. The van der Waals surface area contributed by atoms with Crippen molar-refractivity contribution in [1.82, 2.24) is 15.1 Å². The number of hydrogen-bond donors (Lipinski definition) is 2. The Morgan fingerprint density at radius 2 is 1.86 bits per heavy atom. The van der Waals surface area contributed by atoms with Crippen molar-refractivity contribution in [3.63, 3.8) is 0 Å². The zero-order valence-corrected chi connectivity index (χ0v) is 16.5. The van der Waals surface area contributed by atoms with Gasteiger partial charge in [0.25, 0.3) is 11.5 Å².